The predicted molar refractivity (Wildman–Crippen MR) is 86.2 cm³/mol. The van der Waals surface area contributed by atoms with Gasteiger partial charge in [-0.05, 0) is 32.4 Å². The van der Waals surface area contributed by atoms with Crippen molar-refractivity contribution in [2.45, 2.75) is 32.9 Å². The molecule has 2 aromatic rings. The van der Waals surface area contributed by atoms with Gasteiger partial charge in [0.15, 0.2) is 0 Å². The van der Waals surface area contributed by atoms with Crippen LogP contribution in [0, 0.1) is 0 Å². The fourth-order valence-electron chi connectivity index (χ4n) is 2.41. The van der Waals surface area contributed by atoms with Crippen LogP contribution in [-0.4, -0.2) is 22.4 Å². The average Bonchev–Trinajstić information content (AvgIpc) is 2.88. The van der Waals surface area contributed by atoms with E-state index < -0.39 is 0 Å². The molecule has 0 saturated heterocycles. The number of carbonyl (C=O) groups is 1. The second-order valence-electron chi connectivity index (χ2n) is 5.66. The molecule has 2 N–H and O–H groups in total. The normalized spacial score (nSPS) is 12.4. The van der Waals surface area contributed by atoms with Crippen molar-refractivity contribution in [2.24, 2.45) is 0 Å². The Morgan fingerprint density at radius 1 is 1.19 bits per heavy atom. The lowest BCUT2D eigenvalue weighted by molar-refractivity contribution is 0.0730. The monoisotopic (exact) mass is 285 g/mol. The van der Waals surface area contributed by atoms with E-state index in [-0.39, 0.29) is 18.0 Å². The number of hydrogen-bond donors (Lipinski definition) is 1. The van der Waals surface area contributed by atoms with Crippen LogP contribution >= 0.6 is 0 Å². The Labute approximate surface area is 126 Å². The molecule has 0 radical (unpaired) electrons. The van der Waals surface area contributed by atoms with Crippen LogP contribution in [0.2, 0.25) is 0 Å². The van der Waals surface area contributed by atoms with Crippen LogP contribution in [0.4, 0.5) is 5.69 Å². The minimum absolute atomic E-state index is 0.00966. The molecule has 21 heavy (non-hydrogen) atoms. The highest BCUT2D eigenvalue weighted by Crippen LogP contribution is 2.23. The van der Waals surface area contributed by atoms with E-state index in [0.29, 0.717) is 11.4 Å². The van der Waals surface area contributed by atoms with E-state index in [1.807, 2.05) is 68.9 Å². The van der Waals surface area contributed by atoms with Crippen LogP contribution in [0.3, 0.4) is 0 Å². The summed E-state index contributed by atoms with van der Waals surface area (Å²) in [5.74, 6) is -0.0169. The maximum Gasteiger partial charge on any atom is 0.270 e. The maximum absolute atomic E-state index is 12.7. The Balaban J connectivity index is 2.27. The highest BCUT2D eigenvalue weighted by Gasteiger charge is 2.22. The SMILES string of the molecule is CC(c1ccccc1)N(C)C(=O)c1cc(N)cn1C(C)C. The van der Waals surface area contributed by atoms with Gasteiger partial charge in [0.2, 0.25) is 0 Å². The first-order valence-electron chi connectivity index (χ1n) is 7.21. The van der Waals surface area contributed by atoms with Gasteiger partial charge in [0.25, 0.3) is 5.91 Å². The summed E-state index contributed by atoms with van der Waals surface area (Å²) in [6, 6.07) is 12.0. The number of benzene rings is 1. The van der Waals surface area contributed by atoms with Crippen molar-refractivity contribution in [1.82, 2.24) is 9.47 Å². The number of nitrogens with zero attached hydrogens (tertiary/aromatic N) is 2. The quantitative estimate of drug-likeness (QED) is 0.935. The first-order valence-corrected chi connectivity index (χ1v) is 7.21. The van der Waals surface area contributed by atoms with Crippen molar-refractivity contribution in [1.29, 1.82) is 0 Å². The molecule has 0 saturated carbocycles. The Morgan fingerprint density at radius 3 is 2.38 bits per heavy atom. The number of hydrogen-bond acceptors (Lipinski definition) is 2. The Bertz CT molecular complexity index is 616. The number of amides is 1. The van der Waals surface area contributed by atoms with Gasteiger partial charge in [0, 0.05) is 19.3 Å². The first kappa shape index (κ1) is 15.2. The lowest BCUT2D eigenvalue weighted by Crippen LogP contribution is -2.31. The van der Waals surface area contributed by atoms with Crippen molar-refractivity contribution in [3.63, 3.8) is 0 Å². The van der Waals surface area contributed by atoms with Crippen LogP contribution in [-0.2, 0) is 0 Å². The van der Waals surface area contributed by atoms with E-state index in [4.69, 9.17) is 5.73 Å². The minimum Gasteiger partial charge on any atom is -0.397 e. The van der Waals surface area contributed by atoms with Crippen molar-refractivity contribution in [3.05, 3.63) is 53.9 Å². The molecule has 1 atom stereocenters. The molecule has 112 valence electrons. The lowest BCUT2D eigenvalue weighted by atomic mass is 10.1. The smallest absolute Gasteiger partial charge is 0.270 e. The van der Waals surface area contributed by atoms with Crippen molar-refractivity contribution >= 4 is 11.6 Å². The van der Waals surface area contributed by atoms with Crippen LogP contribution < -0.4 is 5.73 Å². The molecule has 2 rings (SSSR count). The van der Waals surface area contributed by atoms with Gasteiger partial charge in [-0.3, -0.25) is 4.79 Å². The van der Waals surface area contributed by atoms with Crippen molar-refractivity contribution in [3.8, 4) is 0 Å². The maximum atomic E-state index is 12.7. The molecular formula is C17H23N3O. The zero-order valence-corrected chi connectivity index (χ0v) is 13.1. The Hall–Kier alpha value is -2.23. The molecule has 0 spiro atoms. The van der Waals surface area contributed by atoms with Gasteiger partial charge in [-0.15, -0.1) is 0 Å². The molecular weight excluding hydrogens is 262 g/mol. The molecule has 0 bridgehead atoms. The van der Waals surface area contributed by atoms with Gasteiger partial charge in [-0.2, -0.15) is 0 Å². The fraction of sp³-hybridized carbons (Fsp3) is 0.353. The van der Waals surface area contributed by atoms with E-state index >= 15 is 0 Å². The number of aromatic nitrogens is 1. The molecule has 1 unspecified atom stereocenters. The molecule has 1 amide bonds. The molecule has 4 nitrogen and oxygen atoms in total. The van der Waals surface area contributed by atoms with Crippen LogP contribution in [0.1, 0.15) is 48.9 Å². The lowest BCUT2D eigenvalue weighted by Gasteiger charge is -2.26. The summed E-state index contributed by atoms with van der Waals surface area (Å²) >= 11 is 0. The Morgan fingerprint density at radius 2 is 1.81 bits per heavy atom. The second-order valence-corrected chi connectivity index (χ2v) is 5.66. The van der Waals surface area contributed by atoms with E-state index in [1.165, 1.54) is 0 Å². The number of anilines is 1. The summed E-state index contributed by atoms with van der Waals surface area (Å²) in [6.45, 7) is 6.10. The zero-order chi connectivity index (χ0) is 15.6. The van der Waals surface area contributed by atoms with Crippen LogP contribution in [0.5, 0.6) is 0 Å². The third kappa shape index (κ3) is 3.10. The van der Waals surface area contributed by atoms with Gasteiger partial charge in [-0.1, -0.05) is 30.3 Å². The van der Waals surface area contributed by atoms with Crippen molar-refractivity contribution in [2.75, 3.05) is 12.8 Å². The third-order valence-corrected chi connectivity index (χ3v) is 3.83. The summed E-state index contributed by atoms with van der Waals surface area (Å²) in [4.78, 5) is 14.5. The summed E-state index contributed by atoms with van der Waals surface area (Å²) in [6.07, 6.45) is 1.82. The minimum atomic E-state index is -0.0169. The third-order valence-electron chi connectivity index (χ3n) is 3.83. The summed E-state index contributed by atoms with van der Waals surface area (Å²) in [5.41, 5.74) is 8.22. The Kier molecular flexibility index (Phi) is 4.36. The number of rotatable bonds is 4. The van der Waals surface area contributed by atoms with E-state index in [2.05, 4.69) is 0 Å². The van der Waals surface area contributed by atoms with E-state index in [1.54, 1.807) is 11.0 Å². The first-order chi connectivity index (χ1) is 9.91. The van der Waals surface area contributed by atoms with Gasteiger partial charge < -0.3 is 15.2 Å². The number of nitrogens with two attached hydrogens (primary N) is 1. The van der Waals surface area contributed by atoms with E-state index in [9.17, 15) is 4.79 Å². The largest absolute Gasteiger partial charge is 0.397 e. The molecule has 4 heteroatoms. The summed E-state index contributed by atoms with van der Waals surface area (Å²) in [5, 5.41) is 0. The summed E-state index contributed by atoms with van der Waals surface area (Å²) in [7, 11) is 1.83. The van der Waals surface area contributed by atoms with Crippen LogP contribution in [0.25, 0.3) is 0 Å². The number of nitrogen functional groups attached to an aromatic ring is 1. The fourth-order valence-corrected chi connectivity index (χ4v) is 2.41. The average molecular weight is 285 g/mol. The second kappa shape index (κ2) is 6.04. The van der Waals surface area contributed by atoms with Gasteiger partial charge in [-0.25, -0.2) is 0 Å². The van der Waals surface area contributed by atoms with Crippen molar-refractivity contribution < 1.29 is 4.79 Å². The molecule has 0 aliphatic heterocycles. The van der Waals surface area contributed by atoms with Gasteiger partial charge in [0.05, 0.1) is 11.7 Å². The molecule has 0 aliphatic rings. The molecule has 1 aromatic carbocycles. The predicted octanol–water partition coefficient (Wildman–Crippen LogP) is 3.48. The molecule has 0 fully saturated rings. The summed E-state index contributed by atoms with van der Waals surface area (Å²) < 4.78 is 1.92. The highest BCUT2D eigenvalue weighted by molar-refractivity contribution is 5.94. The van der Waals surface area contributed by atoms with E-state index in [0.717, 1.165) is 5.56 Å². The molecule has 0 aliphatic carbocycles. The van der Waals surface area contributed by atoms with Crippen LogP contribution in [0.15, 0.2) is 42.6 Å². The van der Waals surface area contributed by atoms with Gasteiger partial charge in [0.1, 0.15) is 5.69 Å². The highest BCUT2D eigenvalue weighted by atomic mass is 16.2. The zero-order valence-electron chi connectivity index (χ0n) is 13.1. The molecule has 1 heterocycles. The molecule has 1 aromatic heterocycles. The number of carbonyl (C=O) groups excluding carboxylic acids is 1. The standard InChI is InChI=1S/C17H23N3O/c1-12(2)20-11-15(18)10-16(20)17(21)19(4)13(3)14-8-6-5-7-9-14/h5-13H,18H2,1-4H3. The topological polar surface area (TPSA) is 51.3 Å². The van der Waals surface area contributed by atoms with Gasteiger partial charge >= 0.3 is 0 Å².